The summed E-state index contributed by atoms with van der Waals surface area (Å²) in [4.78, 5) is 17.6. The lowest BCUT2D eigenvalue weighted by atomic mass is 9.98. The number of aromatic nitrogens is 1. The van der Waals surface area contributed by atoms with Crippen LogP contribution in [0.25, 0.3) is 10.9 Å². The van der Waals surface area contributed by atoms with E-state index in [4.69, 9.17) is 5.11 Å². The lowest BCUT2D eigenvalue weighted by Gasteiger charge is -2.31. The molecule has 0 amide bonds. The van der Waals surface area contributed by atoms with Crippen molar-refractivity contribution in [3.63, 3.8) is 0 Å². The number of aromatic hydroxyl groups is 1. The van der Waals surface area contributed by atoms with E-state index in [2.05, 4.69) is 4.98 Å². The van der Waals surface area contributed by atoms with Gasteiger partial charge in [-0.2, -0.15) is 0 Å². The van der Waals surface area contributed by atoms with Crippen molar-refractivity contribution in [3.05, 3.63) is 30.3 Å². The van der Waals surface area contributed by atoms with E-state index in [0.29, 0.717) is 18.5 Å². The fourth-order valence-corrected chi connectivity index (χ4v) is 2.68. The Morgan fingerprint density at radius 2 is 2.15 bits per heavy atom. The van der Waals surface area contributed by atoms with Crippen LogP contribution in [0, 0.1) is 5.92 Å². The third-order valence-corrected chi connectivity index (χ3v) is 3.78. The van der Waals surface area contributed by atoms with Gasteiger partial charge in [-0.3, -0.25) is 4.79 Å². The zero-order chi connectivity index (χ0) is 14.1. The standard InChI is InChI=1S/C15H16N2O3/c18-12-5-1-3-10-6-7-13(16-14(10)12)17-8-2-4-11(9-17)15(19)20/h1,3,5-7,11,18H,2,4,8-9H2,(H,19,20). The van der Waals surface area contributed by atoms with Crippen LogP contribution in [0.5, 0.6) is 5.75 Å². The van der Waals surface area contributed by atoms with Crippen LogP contribution in [-0.2, 0) is 4.79 Å². The number of rotatable bonds is 2. The molecule has 1 aromatic carbocycles. The second-order valence-corrected chi connectivity index (χ2v) is 5.14. The van der Waals surface area contributed by atoms with Crippen LogP contribution in [0.3, 0.4) is 0 Å². The van der Waals surface area contributed by atoms with E-state index in [9.17, 15) is 9.90 Å². The summed E-state index contributed by atoms with van der Waals surface area (Å²) in [7, 11) is 0. The average Bonchev–Trinajstić information content (AvgIpc) is 2.47. The van der Waals surface area contributed by atoms with Crippen molar-refractivity contribution >= 4 is 22.7 Å². The number of nitrogens with zero attached hydrogens (tertiary/aromatic N) is 2. The normalized spacial score (nSPS) is 19.2. The molecule has 1 aromatic heterocycles. The molecule has 0 spiro atoms. The smallest absolute Gasteiger partial charge is 0.308 e. The Morgan fingerprint density at radius 3 is 2.95 bits per heavy atom. The van der Waals surface area contributed by atoms with Crippen molar-refractivity contribution in [2.24, 2.45) is 5.92 Å². The number of fused-ring (bicyclic) bond motifs is 1. The minimum Gasteiger partial charge on any atom is -0.506 e. The van der Waals surface area contributed by atoms with Gasteiger partial charge in [-0.15, -0.1) is 0 Å². The molecule has 0 radical (unpaired) electrons. The molecule has 2 heterocycles. The van der Waals surface area contributed by atoms with Crippen LogP contribution in [0.1, 0.15) is 12.8 Å². The zero-order valence-electron chi connectivity index (χ0n) is 11.0. The molecule has 0 saturated carbocycles. The number of hydrogen-bond donors (Lipinski definition) is 2. The van der Waals surface area contributed by atoms with Crippen LogP contribution in [-0.4, -0.2) is 34.3 Å². The predicted octanol–water partition coefficient (Wildman–Crippen LogP) is 2.24. The van der Waals surface area contributed by atoms with Crippen LogP contribution in [0.4, 0.5) is 5.82 Å². The van der Waals surface area contributed by atoms with Gasteiger partial charge in [0, 0.05) is 18.5 Å². The van der Waals surface area contributed by atoms with Gasteiger partial charge in [0.05, 0.1) is 5.92 Å². The Hall–Kier alpha value is -2.30. The molecule has 3 rings (SSSR count). The predicted molar refractivity (Wildman–Crippen MR) is 76.0 cm³/mol. The van der Waals surface area contributed by atoms with E-state index in [-0.39, 0.29) is 11.7 Å². The highest BCUT2D eigenvalue weighted by Crippen LogP contribution is 2.27. The number of anilines is 1. The molecule has 2 aromatic rings. The highest BCUT2D eigenvalue weighted by Gasteiger charge is 2.26. The summed E-state index contributed by atoms with van der Waals surface area (Å²) in [5.74, 6) is -0.218. The third kappa shape index (κ3) is 2.27. The summed E-state index contributed by atoms with van der Waals surface area (Å²) < 4.78 is 0. The Balaban J connectivity index is 1.93. The SMILES string of the molecule is O=C(O)C1CCCN(c2ccc3cccc(O)c3n2)C1. The Bertz CT molecular complexity index is 657. The maximum absolute atomic E-state index is 11.1. The van der Waals surface area contributed by atoms with Gasteiger partial charge >= 0.3 is 5.97 Å². The molecule has 1 aliphatic rings. The van der Waals surface area contributed by atoms with Gasteiger partial charge in [0.15, 0.2) is 0 Å². The van der Waals surface area contributed by atoms with E-state index in [1.807, 2.05) is 23.1 Å². The number of phenols is 1. The monoisotopic (exact) mass is 272 g/mol. The van der Waals surface area contributed by atoms with E-state index in [0.717, 1.165) is 24.2 Å². The molecule has 1 unspecified atom stereocenters. The molecular weight excluding hydrogens is 256 g/mol. The molecule has 2 N–H and O–H groups in total. The third-order valence-electron chi connectivity index (χ3n) is 3.78. The summed E-state index contributed by atoms with van der Waals surface area (Å²) in [5.41, 5.74) is 0.558. The van der Waals surface area contributed by atoms with Crippen LogP contribution >= 0.6 is 0 Å². The van der Waals surface area contributed by atoms with E-state index >= 15 is 0 Å². The Kier molecular flexibility index (Phi) is 3.18. The van der Waals surface area contributed by atoms with Gasteiger partial charge in [0.25, 0.3) is 0 Å². The number of carboxylic acids is 1. The number of carboxylic acid groups (broad SMARTS) is 1. The molecule has 0 bridgehead atoms. The summed E-state index contributed by atoms with van der Waals surface area (Å²) >= 11 is 0. The van der Waals surface area contributed by atoms with E-state index in [1.54, 1.807) is 12.1 Å². The highest BCUT2D eigenvalue weighted by molar-refractivity contribution is 5.85. The van der Waals surface area contributed by atoms with Crippen LogP contribution in [0.15, 0.2) is 30.3 Å². The van der Waals surface area contributed by atoms with Gasteiger partial charge < -0.3 is 15.1 Å². The topological polar surface area (TPSA) is 73.7 Å². The summed E-state index contributed by atoms with van der Waals surface area (Å²) in [5, 5.41) is 19.9. The van der Waals surface area contributed by atoms with Gasteiger partial charge in [-0.1, -0.05) is 12.1 Å². The molecule has 104 valence electrons. The lowest BCUT2D eigenvalue weighted by Crippen LogP contribution is -2.39. The van der Waals surface area contributed by atoms with Crippen molar-refractivity contribution < 1.29 is 15.0 Å². The summed E-state index contributed by atoms with van der Waals surface area (Å²) in [6.45, 7) is 1.28. The van der Waals surface area contributed by atoms with Crippen molar-refractivity contribution in [1.82, 2.24) is 4.98 Å². The summed E-state index contributed by atoms with van der Waals surface area (Å²) in [6, 6.07) is 9.06. The number of phenolic OH excluding ortho intramolecular Hbond substituents is 1. The number of carbonyl (C=O) groups is 1. The van der Waals surface area contributed by atoms with Crippen molar-refractivity contribution in [3.8, 4) is 5.75 Å². The lowest BCUT2D eigenvalue weighted by molar-refractivity contribution is -0.141. The maximum atomic E-state index is 11.1. The Labute approximate surface area is 116 Å². The molecular formula is C15H16N2O3. The minimum atomic E-state index is -0.752. The zero-order valence-corrected chi connectivity index (χ0v) is 11.0. The van der Waals surface area contributed by atoms with Gasteiger partial charge in [0.1, 0.15) is 17.1 Å². The number of hydrogen-bond acceptors (Lipinski definition) is 4. The second kappa shape index (κ2) is 5.00. The summed E-state index contributed by atoms with van der Waals surface area (Å²) in [6.07, 6.45) is 1.56. The molecule has 5 nitrogen and oxygen atoms in total. The number of piperidine rings is 1. The molecule has 1 aliphatic heterocycles. The first-order valence-corrected chi connectivity index (χ1v) is 6.71. The molecule has 1 saturated heterocycles. The fraction of sp³-hybridized carbons (Fsp3) is 0.333. The molecule has 5 heteroatoms. The van der Waals surface area contributed by atoms with E-state index in [1.165, 1.54) is 0 Å². The molecule has 1 atom stereocenters. The number of benzene rings is 1. The highest BCUT2D eigenvalue weighted by atomic mass is 16.4. The number of pyridine rings is 1. The first kappa shape index (κ1) is 12.7. The maximum Gasteiger partial charge on any atom is 0.308 e. The van der Waals surface area contributed by atoms with Crippen LogP contribution in [0.2, 0.25) is 0 Å². The Morgan fingerprint density at radius 1 is 1.30 bits per heavy atom. The van der Waals surface area contributed by atoms with Crippen molar-refractivity contribution in [2.75, 3.05) is 18.0 Å². The molecule has 1 fully saturated rings. The van der Waals surface area contributed by atoms with Gasteiger partial charge in [-0.05, 0) is 31.0 Å². The largest absolute Gasteiger partial charge is 0.506 e. The number of aliphatic carboxylic acids is 1. The van der Waals surface area contributed by atoms with Crippen LogP contribution < -0.4 is 4.90 Å². The van der Waals surface area contributed by atoms with Crippen molar-refractivity contribution in [1.29, 1.82) is 0 Å². The molecule has 20 heavy (non-hydrogen) atoms. The molecule has 0 aliphatic carbocycles. The van der Waals surface area contributed by atoms with E-state index < -0.39 is 5.97 Å². The fourth-order valence-electron chi connectivity index (χ4n) is 2.68. The average molecular weight is 272 g/mol. The first-order valence-electron chi connectivity index (χ1n) is 6.71. The first-order chi connectivity index (χ1) is 9.65. The van der Waals surface area contributed by atoms with Crippen molar-refractivity contribution in [2.45, 2.75) is 12.8 Å². The van der Waals surface area contributed by atoms with Gasteiger partial charge in [0.2, 0.25) is 0 Å². The van der Waals surface area contributed by atoms with Gasteiger partial charge in [-0.25, -0.2) is 4.98 Å². The second-order valence-electron chi connectivity index (χ2n) is 5.14. The quantitative estimate of drug-likeness (QED) is 0.877. The number of para-hydroxylation sites is 1. The minimum absolute atomic E-state index is 0.149.